The van der Waals surface area contributed by atoms with Gasteiger partial charge in [-0.05, 0) is 30.7 Å². The lowest BCUT2D eigenvalue weighted by Crippen LogP contribution is -1.89. The second kappa shape index (κ2) is 2.20. The highest BCUT2D eigenvalue weighted by Crippen LogP contribution is 2.14. The molecule has 1 aromatic carbocycles. The van der Waals surface area contributed by atoms with E-state index >= 15 is 0 Å². The zero-order valence-electron chi connectivity index (χ0n) is 5.97. The third-order valence-electron chi connectivity index (χ3n) is 1.50. The molecule has 1 aromatic heterocycles. The van der Waals surface area contributed by atoms with Crippen molar-refractivity contribution in [1.82, 2.24) is 4.98 Å². The average Bonchev–Trinajstić information content (AvgIpc) is 2.27. The fourth-order valence-electron chi connectivity index (χ4n) is 1.00. The van der Waals surface area contributed by atoms with E-state index in [0.717, 1.165) is 15.8 Å². The Hall–Kier alpha value is -1.09. The number of H-pyrrole nitrogens is 1. The van der Waals surface area contributed by atoms with Crippen molar-refractivity contribution in [2.75, 3.05) is 0 Å². The lowest BCUT2D eigenvalue weighted by molar-refractivity contribution is 1.39. The molecule has 0 saturated heterocycles. The number of aromatic nitrogens is 1. The van der Waals surface area contributed by atoms with E-state index in [-0.39, 0.29) is 4.87 Å². The molecule has 0 fully saturated rings. The number of benzene rings is 1. The number of thiazole rings is 1. The lowest BCUT2D eigenvalue weighted by atomic mass is 10.2. The molecule has 0 spiro atoms. The number of aromatic amines is 1. The Morgan fingerprint density at radius 3 is 3.27 bits per heavy atom. The van der Waals surface area contributed by atoms with Crippen LogP contribution in [0.3, 0.4) is 0 Å². The molecule has 0 unspecified atom stereocenters. The first-order valence-electron chi connectivity index (χ1n) is 3.27. The van der Waals surface area contributed by atoms with E-state index in [4.69, 9.17) is 0 Å². The second-order valence-electron chi connectivity index (χ2n) is 2.41. The fraction of sp³-hybridized carbons (Fsp3) is 0.125. The molecule has 1 N–H and O–H groups in total. The molecule has 55 valence electrons. The zero-order chi connectivity index (χ0) is 7.84. The van der Waals surface area contributed by atoms with Crippen LogP contribution in [-0.4, -0.2) is 4.98 Å². The van der Waals surface area contributed by atoms with E-state index in [0.29, 0.717) is 0 Å². The number of fused-ring (bicyclic) bond motifs is 1. The van der Waals surface area contributed by atoms with Gasteiger partial charge in [-0.15, -0.1) is 0 Å². The predicted octanol–water partition coefficient (Wildman–Crippen LogP) is 1.70. The molecule has 0 aliphatic heterocycles. The summed E-state index contributed by atoms with van der Waals surface area (Å²) in [5.41, 5.74) is 1.96. The van der Waals surface area contributed by atoms with Gasteiger partial charge in [0.05, 0.1) is 10.2 Å². The first kappa shape index (κ1) is 6.61. The van der Waals surface area contributed by atoms with Gasteiger partial charge in [-0.3, -0.25) is 4.79 Å². The maximum absolute atomic E-state index is 10.8. The molecule has 0 bridgehead atoms. The van der Waals surface area contributed by atoms with Crippen molar-refractivity contribution in [2.24, 2.45) is 0 Å². The molecular weight excluding hydrogens is 158 g/mol. The molecule has 0 aliphatic rings. The van der Waals surface area contributed by atoms with Crippen molar-refractivity contribution in [3.05, 3.63) is 33.4 Å². The first-order valence-corrected chi connectivity index (χ1v) is 4.08. The van der Waals surface area contributed by atoms with E-state index < -0.39 is 0 Å². The number of rotatable bonds is 0. The summed E-state index contributed by atoms with van der Waals surface area (Å²) in [5, 5.41) is 0. The number of aryl methyl sites for hydroxylation is 1. The largest absolute Gasteiger partial charge is 0.312 e. The Morgan fingerprint density at radius 1 is 1.64 bits per heavy atom. The van der Waals surface area contributed by atoms with E-state index in [1.54, 1.807) is 0 Å². The first-order chi connectivity index (χ1) is 5.25. The molecule has 1 radical (unpaired) electrons. The van der Waals surface area contributed by atoms with Gasteiger partial charge in [0, 0.05) is 0 Å². The van der Waals surface area contributed by atoms with Crippen LogP contribution in [-0.2, 0) is 0 Å². The molecule has 2 aromatic rings. The summed E-state index contributed by atoms with van der Waals surface area (Å²) in [6, 6.07) is 6.80. The minimum atomic E-state index is -0.000926. The third kappa shape index (κ3) is 1.07. The molecule has 2 nitrogen and oxygen atoms in total. The van der Waals surface area contributed by atoms with Crippen LogP contribution >= 0.6 is 11.3 Å². The Balaban J connectivity index is 2.92. The summed E-state index contributed by atoms with van der Waals surface area (Å²) in [4.78, 5) is 13.6. The fourth-order valence-corrected chi connectivity index (χ4v) is 1.70. The molecule has 11 heavy (non-hydrogen) atoms. The molecule has 0 amide bonds. The van der Waals surface area contributed by atoms with E-state index in [1.807, 2.05) is 19.1 Å². The van der Waals surface area contributed by atoms with Crippen LogP contribution in [0, 0.1) is 13.0 Å². The summed E-state index contributed by atoms with van der Waals surface area (Å²) in [5.74, 6) is 0. The van der Waals surface area contributed by atoms with Crippen molar-refractivity contribution >= 4 is 21.6 Å². The quantitative estimate of drug-likeness (QED) is 0.631. The van der Waals surface area contributed by atoms with Crippen LogP contribution in [0.15, 0.2) is 16.9 Å². The minimum Gasteiger partial charge on any atom is -0.312 e. The Bertz CT molecular complexity index is 441. The summed E-state index contributed by atoms with van der Waals surface area (Å²) >= 11 is 1.22. The monoisotopic (exact) mass is 164 g/mol. The second-order valence-corrected chi connectivity index (χ2v) is 3.42. The van der Waals surface area contributed by atoms with E-state index in [2.05, 4.69) is 11.1 Å². The average molecular weight is 164 g/mol. The third-order valence-corrected chi connectivity index (χ3v) is 2.34. The summed E-state index contributed by atoms with van der Waals surface area (Å²) < 4.78 is 0.973. The van der Waals surface area contributed by atoms with Gasteiger partial charge in [-0.1, -0.05) is 11.3 Å². The van der Waals surface area contributed by atoms with Crippen LogP contribution in [0.2, 0.25) is 0 Å². The molecule has 0 saturated carbocycles. The number of hydrogen-bond acceptors (Lipinski definition) is 2. The van der Waals surface area contributed by atoms with Crippen LogP contribution in [0.5, 0.6) is 0 Å². The van der Waals surface area contributed by atoms with Gasteiger partial charge in [0.25, 0.3) is 0 Å². The highest BCUT2D eigenvalue weighted by molar-refractivity contribution is 7.16. The highest BCUT2D eigenvalue weighted by Gasteiger charge is 1.97. The predicted molar refractivity (Wildman–Crippen MR) is 46.0 cm³/mol. The van der Waals surface area contributed by atoms with Gasteiger partial charge in [0.15, 0.2) is 0 Å². The van der Waals surface area contributed by atoms with Crippen molar-refractivity contribution in [3.63, 3.8) is 0 Å². The van der Waals surface area contributed by atoms with Gasteiger partial charge in [0.2, 0.25) is 0 Å². The zero-order valence-corrected chi connectivity index (χ0v) is 6.79. The topological polar surface area (TPSA) is 32.9 Å². The Morgan fingerprint density at radius 2 is 2.45 bits per heavy atom. The standard InChI is InChI=1S/C8H6NOS/c1-5-2-3-7-6(4-5)9-8(10)11-7/h3-4H,1H3,(H,9,10). The molecular formula is C8H6NOS. The lowest BCUT2D eigenvalue weighted by Gasteiger charge is -1.88. The van der Waals surface area contributed by atoms with Crippen molar-refractivity contribution < 1.29 is 0 Å². The summed E-state index contributed by atoms with van der Waals surface area (Å²) in [6.07, 6.45) is 0. The van der Waals surface area contributed by atoms with Crippen LogP contribution in [0.4, 0.5) is 0 Å². The van der Waals surface area contributed by atoms with Gasteiger partial charge >= 0.3 is 4.87 Å². The normalized spacial score (nSPS) is 10.6. The van der Waals surface area contributed by atoms with Crippen LogP contribution in [0.1, 0.15) is 5.56 Å². The molecule has 0 atom stereocenters. The van der Waals surface area contributed by atoms with E-state index in [9.17, 15) is 4.79 Å². The molecule has 3 heteroatoms. The highest BCUT2D eigenvalue weighted by atomic mass is 32.1. The van der Waals surface area contributed by atoms with Crippen molar-refractivity contribution in [2.45, 2.75) is 6.92 Å². The van der Waals surface area contributed by atoms with Crippen molar-refractivity contribution in [1.29, 1.82) is 0 Å². The van der Waals surface area contributed by atoms with Gasteiger partial charge < -0.3 is 4.98 Å². The number of hydrogen-bond donors (Lipinski definition) is 1. The summed E-state index contributed by atoms with van der Waals surface area (Å²) in [7, 11) is 0. The Kier molecular flexibility index (Phi) is 1.32. The van der Waals surface area contributed by atoms with Crippen molar-refractivity contribution in [3.8, 4) is 0 Å². The molecule has 2 rings (SSSR count). The summed E-state index contributed by atoms with van der Waals surface area (Å²) in [6.45, 7) is 1.95. The van der Waals surface area contributed by atoms with Gasteiger partial charge in [-0.25, -0.2) is 0 Å². The van der Waals surface area contributed by atoms with Gasteiger partial charge in [0.1, 0.15) is 0 Å². The smallest absolute Gasteiger partial charge is 0.305 e. The molecule has 0 aliphatic carbocycles. The maximum atomic E-state index is 10.8. The van der Waals surface area contributed by atoms with Gasteiger partial charge in [-0.2, -0.15) is 0 Å². The van der Waals surface area contributed by atoms with E-state index in [1.165, 1.54) is 11.3 Å². The Labute approximate surface area is 67.5 Å². The SMILES string of the molecule is Cc1[c]cc2sc(=O)[nH]c2c1. The molecule has 1 heterocycles. The van der Waals surface area contributed by atoms with Crippen LogP contribution < -0.4 is 4.87 Å². The maximum Gasteiger partial charge on any atom is 0.305 e. The number of nitrogens with one attached hydrogen (secondary N) is 1. The minimum absolute atomic E-state index is 0.000926. The van der Waals surface area contributed by atoms with Crippen LogP contribution in [0.25, 0.3) is 10.2 Å².